The van der Waals surface area contributed by atoms with Gasteiger partial charge in [0.05, 0.1) is 14.2 Å². The second-order valence-corrected chi connectivity index (χ2v) is 8.48. The number of thioether (sulfide) groups is 1. The maximum atomic E-state index is 12.5. The van der Waals surface area contributed by atoms with Crippen LogP contribution in [0.3, 0.4) is 0 Å². The van der Waals surface area contributed by atoms with E-state index in [9.17, 15) is 9.59 Å². The maximum absolute atomic E-state index is 12.5. The van der Waals surface area contributed by atoms with Gasteiger partial charge in [-0.2, -0.15) is 11.8 Å². The summed E-state index contributed by atoms with van der Waals surface area (Å²) in [5, 5.41) is 0.147. The molecule has 7 heteroatoms. The van der Waals surface area contributed by atoms with E-state index in [1.165, 1.54) is 17.6 Å². The third-order valence-corrected chi connectivity index (χ3v) is 5.32. The van der Waals surface area contributed by atoms with Crippen molar-refractivity contribution in [1.29, 1.82) is 0 Å². The number of rotatable bonds is 5. The van der Waals surface area contributed by atoms with E-state index in [-0.39, 0.29) is 5.25 Å². The number of methoxy groups -OCH3 is 2. The standard InChI is InChI=1S/C19H27NO5S/c1-19(2,3)25-18(22)20-11-15(10-16(20)17(21)24-5)26-12-13-6-8-14(23-4)9-7-13/h6-9,15-16H,10-12H2,1-5H3/t15-,16+/m1/s1. The fraction of sp³-hybridized carbons (Fsp3) is 0.579. The zero-order chi connectivity index (χ0) is 19.3. The number of esters is 1. The minimum atomic E-state index is -0.605. The van der Waals surface area contributed by atoms with Crippen molar-refractivity contribution in [3.63, 3.8) is 0 Å². The first-order chi connectivity index (χ1) is 12.2. The molecule has 0 N–H and O–H groups in total. The zero-order valence-electron chi connectivity index (χ0n) is 16.0. The van der Waals surface area contributed by atoms with Gasteiger partial charge in [-0.05, 0) is 44.9 Å². The van der Waals surface area contributed by atoms with E-state index in [1.807, 2.05) is 45.0 Å². The number of carbonyl (C=O) groups is 2. The number of carbonyl (C=O) groups excluding carboxylic acids is 2. The molecule has 2 rings (SSSR count). The van der Waals surface area contributed by atoms with E-state index in [1.54, 1.807) is 18.9 Å². The predicted molar refractivity (Wildman–Crippen MR) is 101 cm³/mol. The van der Waals surface area contributed by atoms with Gasteiger partial charge >= 0.3 is 12.1 Å². The average molecular weight is 381 g/mol. The molecule has 0 spiro atoms. The van der Waals surface area contributed by atoms with Crippen LogP contribution in [0.15, 0.2) is 24.3 Å². The Bertz CT molecular complexity index is 626. The van der Waals surface area contributed by atoms with Crippen LogP contribution >= 0.6 is 11.8 Å². The maximum Gasteiger partial charge on any atom is 0.411 e. The molecule has 1 amide bonds. The van der Waals surface area contributed by atoms with Crippen LogP contribution in [0.5, 0.6) is 5.75 Å². The lowest BCUT2D eigenvalue weighted by Gasteiger charge is -2.27. The summed E-state index contributed by atoms with van der Waals surface area (Å²) in [6, 6.07) is 7.29. The van der Waals surface area contributed by atoms with E-state index in [2.05, 4.69) is 0 Å². The summed E-state index contributed by atoms with van der Waals surface area (Å²) in [6.07, 6.45) is 0.0904. The van der Waals surface area contributed by atoms with Crippen LogP contribution in [-0.4, -0.2) is 54.6 Å². The van der Waals surface area contributed by atoms with E-state index >= 15 is 0 Å². The zero-order valence-corrected chi connectivity index (χ0v) is 16.8. The van der Waals surface area contributed by atoms with Gasteiger partial charge in [0.25, 0.3) is 0 Å². The van der Waals surface area contributed by atoms with E-state index in [0.717, 1.165) is 11.5 Å². The minimum absolute atomic E-state index is 0.147. The molecule has 1 aromatic carbocycles. The normalized spacial score (nSPS) is 20.0. The highest BCUT2D eigenvalue weighted by Crippen LogP contribution is 2.32. The molecule has 26 heavy (non-hydrogen) atoms. The molecule has 1 heterocycles. The second kappa shape index (κ2) is 8.66. The fourth-order valence-electron chi connectivity index (χ4n) is 2.74. The summed E-state index contributed by atoms with van der Waals surface area (Å²) in [7, 11) is 2.98. The SMILES string of the molecule is COC(=O)[C@@H]1C[C@@H](SCc2ccc(OC)cc2)CN1C(=O)OC(C)(C)C. The Balaban J connectivity index is 1.99. The summed E-state index contributed by atoms with van der Waals surface area (Å²) in [6.45, 7) is 5.90. The third-order valence-electron chi connectivity index (χ3n) is 4.01. The number of benzene rings is 1. The van der Waals surface area contributed by atoms with Crippen LogP contribution in [0.25, 0.3) is 0 Å². The van der Waals surface area contributed by atoms with Crippen molar-refractivity contribution in [2.24, 2.45) is 0 Å². The molecule has 1 fully saturated rings. The van der Waals surface area contributed by atoms with Crippen molar-refractivity contribution in [1.82, 2.24) is 4.90 Å². The van der Waals surface area contributed by atoms with Crippen molar-refractivity contribution in [2.45, 2.75) is 49.8 Å². The molecule has 1 aromatic rings. The molecule has 6 nitrogen and oxygen atoms in total. The van der Waals surface area contributed by atoms with Crippen molar-refractivity contribution in [3.8, 4) is 5.75 Å². The lowest BCUT2D eigenvalue weighted by atomic mass is 10.2. The van der Waals surface area contributed by atoms with Crippen molar-refractivity contribution in [2.75, 3.05) is 20.8 Å². The van der Waals surface area contributed by atoms with E-state index in [0.29, 0.717) is 13.0 Å². The quantitative estimate of drug-likeness (QED) is 0.728. The van der Waals surface area contributed by atoms with Crippen LogP contribution in [0.1, 0.15) is 32.8 Å². The number of hydrogen-bond donors (Lipinski definition) is 0. The van der Waals surface area contributed by atoms with E-state index in [4.69, 9.17) is 14.2 Å². The Morgan fingerprint density at radius 2 is 1.85 bits per heavy atom. The summed E-state index contributed by atoms with van der Waals surface area (Å²) in [4.78, 5) is 26.0. The molecule has 144 valence electrons. The summed E-state index contributed by atoms with van der Waals surface area (Å²) in [5.74, 6) is 1.22. The van der Waals surface area contributed by atoms with Gasteiger partial charge in [-0.3, -0.25) is 4.90 Å². The summed E-state index contributed by atoms with van der Waals surface area (Å²) in [5.41, 5.74) is 0.563. The smallest absolute Gasteiger partial charge is 0.411 e. The number of likely N-dealkylation sites (tertiary alicyclic amines) is 1. The number of hydrogen-bond acceptors (Lipinski definition) is 6. The third kappa shape index (κ3) is 5.56. The van der Waals surface area contributed by atoms with E-state index < -0.39 is 23.7 Å². The molecular weight excluding hydrogens is 354 g/mol. The molecule has 0 aromatic heterocycles. The Morgan fingerprint density at radius 3 is 2.38 bits per heavy atom. The van der Waals surface area contributed by atoms with Gasteiger partial charge in [-0.25, -0.2) is 9.59 Å². The monoisotopic (exact) mass is 381 g/mol. The Morgan fingerprint density at radius 1 is 1.19 bits per heavy atom. The van der Waals surface area contributed by atoms with Crippen LogP contribution < -0.4 is 4.74 Å². The first kappa shape index (κ1) is 20.4. The van der Waals surface area contributed by atoms with Gasteiger partial charge < -0.3 is 14.2 Å². The Kier molecular flexibility index (Phi) is 6.81. The minimum Gasteiger partial charge on any atom is -0.497 e. The van der Waals surface area contributed by atoms with Crippen LogP contribution in [0, 0.1) is 0 Å². The molecule has 0 saturated carbocycles. The lowest BCUT2D eigenvalue weighted by molar-refractivity contribution is -0.145. The van der Waals surface area contributed by atoms with Crippen LogP contribution in [-0.2, 0) is 20.0 Å². The molecule has 1 aliphatic heterocycles. The van der Waals surface area contributed by atoms with Crippen molar-refractivity contribution >= 4 is 23.8 Å². The molecule has 0 unspecified atom stereocenters. The molecule has 0 aliphatic carbocycles. The van der Waals surface area contributed by atoms with Gasteiger partial charge in [-0.1, -0.05) is 12.1 Å². The van der Waals surface area contributed by atoms with Gasteiger partial charge in [0.15, 0.2) is 0 Å². The summed E-state index contributed by atoms with van der Waals surface area (Å²) >= 11 is 1.72. The molecule has 1 saturated heterocycles. The van der Waals surface area contributed by atoms with Gasteiger partial charge in [0.1, 0.15) is 17.4 Å². The largest absolute Gasteiger partial charge is 0.497 e. The topological polar surface area (TPSA) is 65.1 Å². The lowest BCUT2D eigenvalue weighted by Crippen LogP contribution is -2.43. The highest BCUT2D eigenvalue weighted by atomic mass is 32.2. The highest BCUT2D eigenvalue weighted by Gasteiger charge is 2.42. The van der Waals surface area contributed by atoms with Gasteiger partial charge in [-0.15, -0.1) is 0 Å². The molecule has 2 atom stereocenters. The van der Waals surface area contributed by atoms with Crippen molar-refractivity contribution in [3.05, 3.63) is 29.8 Å². The van der Waals surface area contributed by atoms with Gasteiger partial charge in [0, 0.05) is 17.5 Å². The first-order valence-electron chi connectivity index (χ1n) is 8.55. The fourth-order valence-corrected chi connectivity index (χ4v) is 3.94. The second-order valence-electron chi connectivity index (χ2n) is 7.19. The molecular formula is C19H27NO5S. The predicted octanol–water partition coefficient (Wildman–Crippen LogP) is 3.48. The summed E-state index contributed by atoms with van der Waals surface area (Å²) < 4.78 is 15.5. The average Bonchev–Trinajstić information content (AvgIpc) is 3.03. The molecule has 0 bridgehead atoms. The van der Waals surface area contributed by atoms with Crippen LogP contribution in [0.2, 0.25) is 0 Å². The number of ether oxygens (including phenoxy) is 3. The number of nitrogens with zero attached hydrogens (tertiary/aromatic N) is 1. The Hall–Kier alpha value is -1.89. The molecule has 0 radical (unpaired) electrons. The Labute approximate surface area is 159 Å². The number of amides is 1. The van der Waals surface area contributed by atoms with Crippen LogP contribution in [0.4, 0.5) is 4.79 Å². The van der Waals surface area contributed by atoms with Crippen molar-refractivity contribution < 1.29 is 23.8 Å². The highest BCUT2D eigenvalue weighted by molar-refractivity contribution is 7.99. The molecule has 1 aliphatic rings. The first-order valence-corrected chi connectivity index (χ1v) is 9.60. The van der Waals surface area contributed by atoms with Gasteiger partial charge in [0.2, 0.25) is 0 Å².